The van der Waals surface area contributed by atoms with E-state index < -0.39 is 5.97 Å². The summed E-state index contributed by atoms with van der Waals surface area (Å²) in [6, 6.07) is 3.46. The smallest absolute Gasteiger partial charge is 0.358 e. The minimum absolute atomic E-state index is 0.0603. The summed E-state index contributed by atoms with van der Waals surface area (Å²) in [7, 11) is 0. The Morgan fingerprint density at radius 1 is 1.26 bits per heavy atom. The molecule has 120 valence electrons. The molecule has 0 saturated carbocycles. The molecule has 23 heavy (non-hydrogen) atoms. The maximum atomic E-state index is 11.9. The van der Waals surface area contributed by atoms with Crippen LogP contribution in [0.2, 0.25) is 5.02 Å². The quantitative estimate of drug-likeness (QED) is 0.804. The molecule has 2 heterocycles. The summed E-state index contributed by atoms with van der Waals surface area (Å²) >= 11 is 6.20. The number of benzene rings is 1. The van der Waals surface area contributed by atoms with Crippen LogP contribution in [0.1, 0.15) is 28.2 Å². The molecule has 6 nitrogen and oxygen atoms in total. The molecule has 0 radical (unpaired) electrons. The number of esters is 1. The van der Waals surface area contributed by atoms with E-state index in [1.807, 2.05) is 0 Å². The Kier molecular flexibility index (Phi) is 4.62. The van der Waals surface area contributed by atoms with E-state index in [1.165, 1.54) is 12.4 Å². The van der Waals surface area contributed by atoms with Crippen molar-refractivity contribution < 1.29 is 19.0 Å². The largest absolute Gasteiger partial charge is 0.489 e. The number of hydrogen-bond acceptors (Lipinski definition) is 6. The number of aryl methyl sites for hydroxylation is 1. The molecule has 1 aliphatic heterocycles. The van der Waals surface area contributed by atoms with Crippen molar-refractivity contribution in [1.82, 2.24) is 9.97 Å². The lowest BCUT2D eigenvalue weighted by atomic mass is 10.2. The van der Waals surface area contributed by atoms with Crippen LogP contribution in [-0.4, -0.2) is 29.2 Å². The molecule has 7 heteroatoms. The number of hydrogen-bond donors (Lipinski definition) is 0. The second-order valence-corrected chi connectivity index (χ2v) is 5.48. The van der Waals surface area contributed by atoms with Gasteiger partial charge < -0.3 is 14.2 Å². The average molecular weight is 335 g/mol. The highest BCUT2D eigenvalue weighted by Crippen LogP contribution is 2.38. The summed E-state index contributed by atoms with van der Waals surface area (Å²) in [4.78, 5) is 19.9. The van der Waals surface area contributed by atoms with Gasteiger partial charge in [-0.2, -0.15) is 0 Å². The molecule has 0 N–H and O–H groups in total. The Bertz CT molecular complexity index is 719. The van der Waals surface area contributed by atoms with Crippen molar-refractivity contribution in [2.45, 2.75) is 20.0 Å². The first kappa shape index (κ1) is 15.6. The Morgan fingerprint density at radius 3 is 2.87 bits per heavy atom. The van der Waals surface area contributed by atoms with Crippen LogP contribution >= 0.6 is 11.6 Å². The van der Waals surface area contributed by atoms with Gasteiger partial charge in [0.1, 0.15) is 6.61 Å². The first-order valence-electron chi connectivity index (χ1n) is 7.17. The molecule has 0 aliphatic carbocycles. The number of rotatable bonds is 3. The SMILES string of the molecule is Cc1cnc(C(=O)OCc2cc(Cl)c3c(c2)OCCCO3)cn1. The summed E-state index contributed by atoms with van der Waals surface area (Å²) in [5, 5.41) is 0.436. The lowest BCUT2D eigenvalue weighted by Crippen LogP contribution is -2.08. The van der Waals surface area contributed by atoms with Crippen molar-refractivity contribution in [2.75, 3.05) is 13.2 Å². The lowest BCUT2D eigenvalue weighted by Gasteiger charge is -2.11. The van der Waals surface area contributed by atoms with Gasteiger partial charge in [-0.05, 0) is 24.6 Å². The first-order chi connectivity index (χ1) is 11.1. The van der Waals surface area contributed by atoms with Crippen molar-refractivity contribution in [2.24, 2.45) is 0 Å². The van der Waals surface area contributed by atoms with Crippen LogP contribution in [0.5, 0.6) is 11.5 Å². The molecule has 0 bridgehead atoms. The third-order valence-electron chi connectivity index (χ3n) is 3.22. The predicted octanol–water partition coefficient (Wildman–Crippen LogP) is 2.96. The van der Waals surface area contributed by atoms with E-state index in [9.17, 15) is 4.79 Å². The molecular formula is C16H15ClN2O4. The van der Waals surface area contributed by atoms with Gasteiger partial charge in [0, 0.05) is 12.6 Å². The number of fused-ring (bicyclic) bond motifs is 1. The molecule has 0 spiro atoms. The third-order valence-corrected chi connectivity index (χ3v) is 3.50. The minimum atomic E-state index is -0.541. The number of halogens is 1. The molecule has 0 amide bonds. The zero-order valence-electron chi connectivity index (χ0n) is 12.5. The fraction of sp³-hybridized carbons (Fsp3) is 0.312. The summed E-state index contributed by atoms with van der Waals surface area (Å²) in [6.07, 6.45) is 3.70. The molecular weight excluding hydrogens is 320 g/mol. The zero-order chi connectivity index (χ0) is 16.2. The molecule has 0 saturated heterocycles. The van der Waals surface area contributed by atoms with Gasteiger partial charge in [-0.25, -0.2) is 9.78 Å². The van der Waals surface area contributed by atoms with Crippen LogP contribution in [-0.2, 0) is 11.3 Å². The first-order valence-corrected chi connectivity index (χ1v) is 7.55. The normalized spacial score (nSPS) is 13.3. The van der Waals surface area contributed by atoms with Crippen molar-refractivity contribution in [3.05, 3.63) is 46.5 Å². The van der Waals surface area contributed by atoms with Gasteiger partial charge in [0.15, 0.2) is 17.2 Å². The Balaban J connectivity index is 1.71. The standard InChI is InChI=1S/C16H15ClN2O4/c1-10-7-19-13(8-18-10)16(20)23-9-11-5-12(17)15-14(6-11)21-3-2-4-22-15/h5-8H,2-4,9H2,1H3. The average Bonchev–Trinajstić information content (AvgIpc) is 2.79. The van der Waals surface area contributed by atoms with Gasteiger partial charge >= 0.3 is 5.97 Å². The highest BCUT2D eigenvalue weighted by atomic mass is 35.5. The Hall–Kier alpha value is -2.34. The maximum Gasteiger partial charge on any atom is 0.358 e. The van der Waals surface area contributed by atoms with Crippen LogP contribution < -0.4 is 9.47 Å². The zero-order valence-corrected chi connectivity index (χ0v) is 13.3. The summed E-state index contributed by atoms with van der Waals surface area (Å²) < 4.78 is 16.4. The Morgan fingerprint density at radius 2 is 2.09 bits per heavy atom. The summed E-state index contributed by atoms with van der Waals surface area (Å²) in [6.45, 7) is 2.98. The molecule has 0 atom stereocenters. The summed E-state index contributed by atoms with van der Waals surface area (Å²) in [5.74, 6) is 0.556. The van der Waals surface area contributed by atoms with Crippen LogP contribution in [0, 0.1) is 6.92 Å². The van der Waals surface area contributed by atoms with Crippen molar-refractivity contribution in [1.29, 1.82) is 0 Å². The fourth-order valence-corrected chi connectivity index (χ4v) is 2.38. The summed E-state index contributed by atoms with van der Waals surface area (Å²) in [5.41, 5.74) is 1.61. The third kappa shape index (κ3) is 3.71. The molecule has 0 unspecified atom stereocenters. The number of ether oxygens (including phenoxy) is 3. The second kappa shape index (κ2) is 6.83. The van der Waals surface area contributed by atoms with Gasteiger partial charge in [0.05, 0.1) is 30.1 Å². The maximum absolute atomic E-state index is 11.9. The van der Waals surface area contributed by atoms with E-state index >= 15 is 0 Å². The molecule has 2 aromatic rings. The highest BCUT2D eigenvalue weighted by Gasteiger charge is 2.17. The second-order valence-electron chi connectivity index (χ2n) is 5.07. The monoisotopic (exact) mass is 334 g/mol. The number of carbonyl (C=O) groups excluding carboxylic acids is 1. The molecule has 1 aromatic carbocycles. The molecule has 0 fully saturated rings. The van der Waals surface area contributed by atoms with E-state index in [-0.39, 0.29) is 12.3 Å². The van der Waals surface area contributed by atoms with Gasteiger partial charge in [0.25, 0.3) is 0 Å². The van der Waals surface area contributed by atoms with Crippen molar-refractivity contribution >= 4 is 17.6 Å². The van der Waals surface area contributed by atoms with Crippen LogP contribution in [0.4, 0.5) is 0 Å². The molecule has 1 aliphatic rings. The fourth-order valence-electron chi connectivity index (χ4n) is 2.09. The van der Waals surface area contributed by atoms with Crippen LogP contribution in [0.3, 0.4) is 0 Å². The van der Waals surface area contributed by atoms with E-state index in [1.54, 1.807) is 19.1 Å². The lowest BCUT2D eigenvalue weighted by molar-refractivity contribution is 0.0464. The van der Waals surface area contributed by atoms with Crippen molar-refractivity contribution in [3.63, 3.8) is 0 Å². The van der Waals surface area contributed by atoms with Gasteiger partial charge in [0.2, 0.25) is 0 Å². The molecule has 1 aromatic heterocycles. The van der Waals surface area contributed by atoms with Crippen LogP contribution in [0.25, 0.3) is 0 Å². The topological polar surface area (TPSA) is 70.5 Å². The van der Waals surface area contributed by atoms with Gasteiger partial charge in [-0.15, -0.1) is 0 Å². The number of nitrogens with zero attached hydrogens (tertiary/aromatic N) is 2. The molecule has 3 rings (SSSR count). The number of carbonyl (C=O) groups is 1. The Labute approximate surface area is 138 Å². The van der Waals surface area contributed by atoms with E-state index in [0.29, 0.717) is 35.3 Å². The number of aromatic nitrogens is 2. The van der Waals surface area contributed by atoms with Gasteiger partial charge in [-0.1, -0.05) is 11.6 Å². The van der Waals surface area contributed by atoms with E-state index in [2.05, 4.69) is 9.97 Å². The van der Waals surface area contributed by atoms with E-state index in [0.717, 1.165) is 12.1 Å². The predicted molar refractivity (Wildman–Crippen MR) is 82.9 cm³/mol. The van der Waals surface area contributed by atoms with Crippen LogP contribution in [0.15, 0.2) is 24.5 Å². The highest BCUT2D eigenvalue weighted by molar-refractivity contribution is 6.32. The van der Waals surface area contributed by atoms with E-state index in [4.69, 9.17) is 25.8 Å². The van der Waals surface area contributed by atoms with Crippen molar-refractivity contribution in [3.8, 4) is 11.5 Å². The van der Waals surface area contributed by atoms with Gasteiger partial charge in [-0.3, -0.25) is 4.98 Å². The minimum Gasteiger partial charge on any atom is -0.489 e.